The number of nitrogens with one attached hydrogen (secondary N) is 1. The largest absolute Gasteiger partial charge is 0.291 e. The van der Waals surface area contributed by atoms with Crippen LogP contribution in [0.4, 0.5) is 0 Å². The molecule has 0 aromatic carbocycles. The fourth-order valence-electron chi connectivity index (χ4n) is 0.281. The third kappa shape index (κ3) is 4.03. The minimum atomic E-state index is -0.700. The van der Waals surface area contributed by atoms with E-state index in [1.165, 1.54) is 0 Å². The molecule has 0 aliphatic carbocycles. The molecule has 0 atom stereocenters. The fraction of sp³-hybridized carbons (Fsp3) is 0. The van der Waals surface area contributed by atoms with E-state index in [0.717, 1.165) is 12.2 Å². The zero-order valence-electron chi connectivity index (χ0n) is 5.65. The second kappa shape index (κ2) is 4.39. The van der Waals surface area contributed by atoms with E-state index in [0.29, 0.717) is 5.12 Å². The van der Waals surface area contributed by atoms with Crippen molar-refractivity contribution in [3.8, 4) is 0 Å². The van der Waals surface area contributed by atoms with Gasteiger partial charge in [0.2, 0.25) is 0 Å². The summed E-state index contributed by atoms with van der Waals surface area (Å²) in [5.74, 6) is 13.0. The van der Waals surface area contributed by atoms with Crippen molar-refractivity contribution in [2.45, 2.75) is 0 Å². The predicted octanol–water partition coefficient (Wildman–Crippen LogP) is -2.89. The topological polar surface area (TPSA) is 127 Å². The number of carbonyl (C=O) groups is 2. The number of nitrogens with zero attached hydrogens (tertiary/aromatic N) is 1. The van der Waals surface area contributed by atoms with E-state index in [2.05, 4.69) is 0 Å². The van der Waals surface area contributed by atoms with Crippen LogP contribution >= 0.6 is 0 Å². The summed E-state index contributed by atoms with van der Waals surface area (Å²) in [5.41, 5.74) is 1.78. The Kier molecular flexibility index (Phi) is 3.81. The highest BCUT2D eigenvalue weighted by atomic mass is 16.2. The molecule has 0 saturated carbocycles. The molecule has 0 aromatic rings. The van der Waals surface area contributed by atoms with Gasteiger partial charge in [0.05, 0.1) is 0 Å². The summed E-state index contributed by atoms with van der Waals surface area (Å²) in [7, 11) is 0. The SMILES string of the molecule is NNC(=O)/C=C\C(=O)N(N)N. The molecule has 7 heteroatoms. The maximum atomic E-state index is 10.5. The van der Waals surface area contributed by atoms with Gasteiger partial charge in [0, 0.05) is 12.2 Å². The second-order valence-corrected chi connectivity index (χ2v) is 1.59. The standard InChI is InChI=1S/C4H9N5O2/c5-8-3(10)1-2-4(11)9(6)7/h1-2H,5-7H2,(H,8,10)/b2-1-. The van der Waals surface area contributed by atoms with Gasteiger partial charge in [-0.1, -0.05) is 0 Å². The van der Waals surface area contributed by atoms with Crippen LogP contribution in [0.2, 0.25) is 0 Å². The molecule has 0 heterocycles. The molecule has 7 nitrogen and oxygen atoms in total. The molecule has 0 aromatic heterocycles. The molecule has 7 N–H and O–H groups in total. The van der Waals surface area contributed by atoms with Gasteiger partial charge in [-0.25, -0.2) is 22.6 Å². The minimum Gasteiger partial charge on any atom is -0.291 e. The molecule has 0 bridgehead atoms. The van der Waals surface area contributed by atoms with Crippen molar-refractivity contribution >= 4 is 11.8 Å². The van der Waals surface area contributed by atoms with Crippen LogP contribution in [0.25, 0.3) is 0 Å². The molecular weight excluding hydrogens is 150 g/mol. The summed E-state index contributed by atoms with van der Waals surface area (Å²) in [5, 5.41) is 0.348. The summed E-state index contributed by atoms with van der Waals surface area (Å²) >= 11 is 0. The lowest BCUT2D eigenvalue weighted by Crippen LogP contribution is -2.42. The number of rotatable bonds is 2. The number of hydrogen-bond donors (Lipinski definition) is 4. The maximum absolute atomic E-state index is 10.5. The van der Waals surface area contributed by atoms with E-state index in [1.807, 2.05) is 0 Å². The Labute approximate surface area is 62.7 Å². The van der Waals surface area contributed by atoms with Crippen LogP contribution in [0.5, 0.6) is 0 Å². The van der Waals surface area contributed by atoms with Crippen molar-refractivity contribution in [1.82, 2.24) is 10.5 Å². The van der Waals surface area contributed by atoms with E-state index in [-0.39, 0.29) is 0 Å². The lowest BCUT2D eigenvalue weighted by atomic mass is 10.4. The molecule has 0 aliphatic rings. The zero-order chi connectivity index (χ0) is 8.85. The van der Waals surface area contributed by atoms with Gasteiger partial charge >= 0.3 is 0 Å². The molecule has 0 fully saturated rings. The van der Waals surface area contributed by atoms with E-state index in [9.17, 15) is 9.59 Å². The van der Waals surface area contributed by atoms with Crippen LogP contribution in [0.15, 0.2) is 12.2 Å². The lowest BCUT2D eigenvalue weighted by molar-refractivity contribution is -0.127. The maximum Gasteiger partial charge on any atom is 0.275 e. The van der Waals surface area contributed by atoms with Crippen LogP contribution in [0.1, 0.15) is 0 Å². The Morgan fingerprint density at radius 3 is 2.18 bits per heavy atom. The van der Waals surface area contributed by atoms with Gasteiger partial charge in [-0.05, 0) is 0 Å². The second-order valence-electron chi connectivity index (χ2n) is 1.59. The normalized spacial score (nSPS) is 9.73. The van der Waals surface area contributed by atoms with Gasteiger partial charge in [-0.2, -0.15) is 0 Å². The minimum absolute atomic E-state index is 0.348. The average molecular weight is 159 g/mol. The molecule has 0 rings (SSSR count). The summed E-state index contributed by atoms with van der Waals surface area (Å²) in [6.45, 7) is 0. The van der Waals surface area contributed by atoms with E-state index in [4.69, 9.17) is 17.5 Å². The van der Waals surface area contributed by atoms with Crippen molar-refractivity contribution in [3.05, 3.63) is 12.2 Å². The average Bonchev–Trinajstić information content (AvgIpc) is 1.99. The van der Waals surface area contributed by atoms with Crippen LogP contribution < -0.4 is 23.0 Å². The van der Waals surface area contributed by atoms with Gasteiger partial charge < -0.3 is 0 Å². The van der Waals surface area contributed by atoms with Gasteiger partial charge in [0.1, 0.15) is 0 Å². The lowest BCUT2D eigenvalue weighted by Gasteiger charge is -2.03. The van der Waals surface area contributed by atoms with Crippen LogP contribution in [-0.2, 0) is 9.59 Å². The van der Waals surface area contributed by atoms with Crippen molar-refractivity contribution in [2.75, 3.05) is 0 Å². The van der Waals surface area contributed by atoms with Crippen molar-refractivity contribution in [3.63, 3.8) is 0 Å². The Hall–Kier alpha value is -1.44. The van der Waals surface area contributed by atoms with Gasteiger partial charge in [-0.3, -0.25) is 15.0 Å². The number of carbonyl (C=O) groups excluding carboxylic acids is 2. The third-order valence-corrected chi connectivity index (χ3v) is 0.774. The summed E-state index contributed by atoms with van der Waals surface area (Å²) < 4.78 is 0. The molecule has 0 spiro atoms. The Morgan fingerprint density at radius 2 is 1.82 bits per heavy atom. The van der Waals surface area contributed by atoms with E-state index in [1.54, 1.807) is 5.43 Å². The first kappa shape index (κ1) is 9.56. The number of nitrogens with two attached hydrogens (primary N) is 3. The summed E-state index contributed by atoms with van der Waals surface area (Å²) in [6, 6.07) is 0. The first-order valence-electron chi connectivity index (χ1n) is 2.60. The first-order valence-corrected chi connectivity index (χ1v) is 2.60. The Balaban J connectivity index is 3.93. The summed E-state index contributed by atoms with van der Waals surface area (Å²) in [6.07, 6.45) is 1.80. The molecular formula is C4H9N5O2. The Bertz CT molecular complexity index is 187. The molecule has 0 saturated heterocycles. The number of hydrogen-bond acceptors (Lipinski definition) is 5. The van der Waals surface area contributed by atoms with E-state index >= 15 is 0 Å². The highest BCUT2D eigenvalue weighted by molar-refractivity contribution is 5.95. The molecule has 62 valence electrons. The quantitative estimate of drug-likeness (QED) is 0.149. The first-order chi connectivity index (χ1) is 5.07. The smallest absolute Gasteiger partial charge is 0.275 e. The molecule has 0 aliphatic heterocycles. The van der Waals surface area contributed by atoms with Crippen molar-refractivity contribution < 1.29 is 9.59 Å². The van der Waals surface area contributed by atoms with Gasteiger partial charge in [0.25, 0.3) is 11.8 Å². The highest BCUT2D eigenvalue weighted by Crippen LogP contribution is 1.75. The van der Waals surface area contributed by atoms with Gasteiger partial charge in [-0.15, -0.1) is 0 Å². The van der Waals surface area contributed by atoms with Crippen molar-refractivity contribution in [1.29, 1.82) is 0 Å². The molecule has 0 radical (unpaired) electrons. The highest BCUT2D eigenvalue weighted by Gasteiger charge is 1.98. The van der Waals surface area contributed by atoms with Crippen LogP contribution in [0.3, 0.4) is 0 Å². The monoisotopic (exact) mass is 159 g/mol. The van der Waals surface area contributed by atoms with Crippen LogP contribution in [-0.4, -0.2) is 16.9 Å². The number of amides is 2. The van der Waals surface area contributed by atoms with Crippen molar-refractivity contribution in [2.24, 2.45) is 17.5 Å². The fourth-order valence-corrected chi connectivity index (χ4v) is 0.281. The summed E-state index contributed by atoms with van der Waals surface area (Å²) in [4.78, 5) is 20.9. The van der Waals surface area contributed by atoms with E-state index < -0.39 is 11.8 Å². The third-order valence-electron chi connectivity index (χ3n) is 0.774. The van der Waals surface area contributed by atoms with Gasteiger partial charge in [0.15, 0.2) is 0 Å². The molecule has 11 heavy (non-hydrogen) atoms. The zero-order valence-corrected chi connectivity index (χ0v) is 5.65. The van der Waals surface area contributed by atoms with Crippen LogP contribution in [0, 0.1) is 0 Å². The number of hydrazine groups is 3. The molecule has 0 unspecified atom stereocenters. The molecule has 2 amide bonds. The Morgan fingerprint density at radius 1 is 1.27 bits per heavy atom. The predicted molar refractivity (Wildman–Crippen MR) is 36.7 cm³/mol.